The number of hydrogen-bond donors (Lipinski definition) is 0. The standard InChI is InChI=1S/C30H46O2/c1-19(2)20(3)8-9-21(4)26-12-13-27-25-11-10-23-18-24(32-22(5)31)14-16-29(23,6)28(25)15-17-30(26,27)7/h8-11,19-21,24,26-28H,12-18H2,1-7H3/b9-8-/t20-,21-,24-,26+,27+,28+,29-,30+/m0/s1. The molecule has 3 saturated carbocycles. The van der Waals surface area contributed by atoms with Gasteiger partial charge in [0.15, 0.2) is 0 Å². The van der Waals surface area contributed by atoms with E-state index in [1.807, 2.05) is 0 Å². The Morgan fingerprint density at radius 2 is 1.75 bits per heavy atom. The van der Waals surface area contributed by atoms with Crippen LogP contribution in [0.25, 0.3) is 0 Å². The molecule has 0 N–H and O–H groups in total. The van der Waals surface area contributed by atoms with E-state index in [1.54, 1.807) is 12.5 Å². The third-order valence-corrected chi connectivity index (χ3v) is 10.3. The molecular formula is C30H46O2. The van der Waals surface area contributed by atoms with E-state index >= 15 is 0 Å². The molecule has 0 bridgehead atoms. The number of carbonyl (C=O) groups is 1. The summed E-state index contributed by atoms with van der Waals surface area (Å²) in [6, 6.07) is 0. The Morgan fingerprint density at radius 1 is 1.00 bits per heavy atom. The SMILES string of the molecule is CC(=O)O[C@H]1CC[C@@]2(C)C(=CC=C3[C@H]4CC[C@H]([C@@H](C)/C=C\[C@H](C)C(C)C)[C@@]4(C)CC[C@H]32)C1. The lowest BCUT2D eigenvalue weighted by Gasteiger charge is -2.55. The molecule has 178 valence electrons. The highest BCUT2D eigenvalue weighted by atomic mass is 16.5. The number of ether oxygens (including phenoxy) is 1. The quantitative estimate of drug-likeness (QED) is 0.322. The van der Waals surface area contributed by atoms with Crippen molar-refractivity contribution in [2.45, 2.75) is 99.5 Å². The largest absolute Gasteiger partial charge is 0.462 e. The predicted molar refractivity (Wildman–Crippen MR) is 133 cm³/mol. The summed E-state index contributed by atoms with van der Waals surface area (Å²) < 4.78 is 5.59. The van der Waals surface area contributed by atoms with Crippen LogP contribution in [0.3, 0.4) is 0 Å². The van der Waals surface area contributed by atoms with Crippen molar-refractivity contribution in [3.63, 3.8) is 0 Å². The first-order valence-electron chi connectivity index (χ1n) is 13.3. The molecule has 0 aromatic rings. The molecule has 3 fully saturated rings. The zero-order valence-corrected chi connectivity index (χ0v) is 21.6. The Labute approximate surface area is 197 Å². The molecule has 0 aromatic heterocycles. The third-order valence-electron chi connectivity index (χ3n) is 10.3. The fourth-order valence-corrected chi connectivity index (χ4v) is 7.92. The molecule has 0 aliphatic heterocycles. The monoisotopic (exact) mass is 438 g/mol. The lowest BCUT2D eigenvalue weighted by Crippen LogP contribution is -2.46. The second-order valence-corrected chi connectivity index (χ2v) is 12.4. The highest BCUT2D eigenvalue weighted by Gasteiger charge is 2.56. The van der Waals surface area contributed by atoms with Crippen molar-refractivity contribution in [3.05, 3.63) is 35.5 Å². The van der Waals surface area contributed by atoms with Gasteiger partial charge in [-0.25, -0.2) is 0 Å². The summed E-state index contributed by atoms with van der Waals surface area (Å²) >= 11 is 0. The highest BCUT2D eigenvalue weighted by Crippen LogP contribution is 2.66. The van der Waals surface area contributed by atoms with Crippen LogP contribution in [0.2, 0.25) is 0 Å². The molecule has 0 aromatic carbocycles. The van der Waals surface area contributed by atoms with Crippen LogP contribution in [0.4, 0.5) is 0 Å². The van der Waals surface area contributed by atoms with Gasteiger partial charge in [0, 0.05) is 13.3 Å². The van der Waals surface area contributed by atoms with Crippen LogP contribution in [0.15, 0.2) is 35.5 Å². The van der Waals surface area contributed by atoms with Crippen molar-refractivity contribution in [2.75, 3.05) is 0 Å². The van der Waals surface area contributed by atoms with E-state index < -0.39 is 0 Å². The van der Waals surface area contributed by atoms with Gasteiger partial charge < -0.3 is 4.74 Å². The van der Waals surface area contributed by atoms with Gasteiger partial charge >= 0.3 is 5.97 Å². The molecule has 32 heavy (non-hydrogen) atoms. The first-order chi connectivity index (χ1) is 15.1. The summed E-state index contributed by atoms with van der Waals surface area (Å²) in [7, 11) is 0. The zero-order valence-electron chi connectivity index (χ0n) is 21.6. The predicted octanol–water partition coefficient (Wildman–Crippen LogP) is 7.90. The van der Waals surface area contributed by atoms with E-state index in [0.29, 0.717) is 29.1 Å². The Kier molecular flexibility index (Phi) is 6.56. The van der Waals surface area contributed by atoms with Crippen molar-refractivity contribution in [2.24, 2.45) is 46.3 Å². The van der Waals surface area contributed by atoms with E-state index in [9.17, 15) is 4.79 Å². The van der Waals surface area contributed by atoms with Crippen molar-refractivity contribution in [1.82, 2.24) is 0 Å². The number of esters is 1. The van der Waals surface area contributed by atoms with Gasteiger partial charge in [-0.3, -0.25) is 4.79 Å². The summed E-state index contributed by atoms with van der Waals surface area (Å²) in [4.78, 5) is 11.5. The highest BCUT2D eigenvalue weighted by molar-refractivity contribution is 5.66. The Hall–Kier alpha value is -1.31. The summed E-state index contributed by atoms with van der Waals surface area (Å²) in [5.41, 5.74) is 3.98. The normalized spacial score (nSPS) is 40.8. The molecular weight excluding hydrogens is 392 g/mol. The number of allylic oxidation sites excluding steroid dienone is 5. The summed E-state index contributed by atoms with van der Waals surface area (Å²) in [6.07, 6.45) is 18.5. The second kappa shape index (κ2) is 8.80. The van der Waals surface area contributed by atoms with Crippen LogP contribution in [0.5, 0.6) is 0 Å². The molecule has 4 aliphatic rings. The Morgan fingerprint density at radius 3 is 2.44 bits per heavy atom. The van der Waals surface area contributed by atoms with Gasteiger partial charge in [0.2, 0.25) is 0 Å². The molecule has 0 unspecified atom stereocenters. The Bertz CT molecular complexity index is 817. The van der Waals surface area contributed by atoms with Crippen LogP contribution in [-0.4, -0.2) is 12.1 Å². The smallest absolute Gasteiger partial charge is 0.302 e. The molecule has 0 heterocycles. The molecule has 0 amide bonds. The van der Waals surface area contributed by atoms with Crippen LogP contribution < -0.4 is 0 Å². The number of hydrogen-bond acceptors (Lipinski definition) is 2. The fraction of sp³-hybridized carbons (Fsp3) is 0.767. The number of fused-ring (bicyclic) bond motifs is 5. The number of carbonyl (C=O) groups excluding carboxylic acids is 1. The minimum Gasteiger partial charge on any atom is -0.462 e. The molecule has 4 aliphatic carbocycles. The fourth-order valence-electron chi connectivity index (χ4n) is 7.92. The molecule has 2 nitrogen and oxygen atoms in total. The zero-order chi connectivity index (χ0) is 23.3. The van der Waals surface area contributed by atoms with Crippen LogP contribution in [0, 0.1) is 46.3 Å². The van der Waals surface area contributed by atoms with Gasteiger partial charge in [-0.15, -0.1) is 0 Å². The molecule has 8 atom stereocenters. The minimum absolute atomic E-state index is 0.0763. The lowest BCUT2D eigenvalue weighted by atomic mass is 9.50. The van der Waals surface area contributed by atoms with Crippen LogP contribution >= 0.6 is 0 Å². The average Bonchev–Trinajstić information content (AvgIpc) is 3.08. The van der Waals surface area contributed by atoms with Crippen molar-refractivity contribution in [3.8, 4) is 0 Å². The van der Waals surface area contributed by atoms with Crippen molar-refractivity contribution >= 4 is 5.97 Å². The van der Waals surface area contributed by atoms with Gasteiger partial charge in [-0.1, -0.05) is 77.0 Å². The second-order valence-electron chi connectivity index (χ2n) is 12.4. The van der Waals surface area contributed by atoms with E-state index in [2.05, 4.69) is 65.8 Å². The van der Waals surface area contributed by atoms with Crippen LogP contribution in [0.1, 0.15) is 93.4 Å². The maximum atomic E-state index is 11.5. The maximum Gasteiger partial charge on any atom is 0.302 e. The van der Waals surface area contributed by atoms with Crippen LogP contribution in [-0.2, 0) is 9.53 Å². The van der Waals surface area contributed by atoms with Gasteiger partial charge in [0.25, 0.3) is 0 Å². The van der Waals surface area contributed by atoms with E-state index in [-0.39, 0.29) is 17.5 Å². The first kappa shape index (κ1) is 23.8. The topological polar surface area (TPSA) is 26.3 Å². The van der Waals surface area contributed by atoms with Crippen molar-refractivity contribution in [1.29, 1.82) is 0 Å². The van der Waals surface area contributed by atoms with Gasteiger partial charge in [0.1, 0.15) is 6.10 Å². The summed E-state index contributed by atoms with van der Waals surface area (Å²) in [6.45, 7) is 16.1. The minimum atomic E-state index is -0.136. The Balaban J connectivity index is 1.54. The summed E-state index contributed by atoms with van der Waals surface area (Å²) in [5.74, 6) is 4.11. The molecule has 2 heteroatoms. The lowest BCUT2D eigenvalue weighted by molar-refractivity contribution is -0.148. The molecule has 0 spiro atoms. The van der Waals surface area contributed by atoms with E-state index in [1.165, 1.54) is 31.3 Å². The third kappa shape index (κ3) is 4.05. The van der Waals surface area contributed by atoms with E-state index in [4.69, 9.17) is 4.74 Å². The van der Waals surface area contributed by atoms with Gasteiger partial charge in [-0.05, 0) is 84.9 Å². The molecule has 4 rings (SSSR count). The van der Waals surface area contributed by atoms with Crippen molar-refractivity contribution < 1.29 is 9.53 Å². The summed E-state index contributed by atoms with van der Waals surface area (Å²) in [5, 5.41) is 0. The molecule has 0 saturated heterocycles. The maximum absolute atomic E-state index is 11.5. The average molecular weight is 439 g/mol. The number of rotatable bonds is 5. The van der Waals surface area contributed by atoms with Gasteiger partial charge in [-0.2, -0.15) is 0 Å². The van der Waals surface area contributed by atoms with E-state index in [0.717, 1.165) is 31.1 Å². The molecule has 0 radical (unpaired) electrons. The first-order valence-corrected chi connectivity index (χ1v) is 13.3. The van der Waals surface area contributed by atoms with Gasteiger partial charge in [0.05, 0.1) is 0 Å².